The number of benzene rings is 8. The normalized spacial score (nSPS) is 13.2. The number of fused-ring (bicyclic) bond motifs is 8. The van der Waals surface area contributed by atoms with Gasteiger partial charge in [-0.3, -0.25) is 18.2 Å². The maximum absolute atomic E-state index is 12.6. The van der Waals surface area contributed by atoms with Crippen LogP contribution in [0.3, 0.4) is 0 Å². The fourth-order valence-corrected chi connectivity index (χ4v) is 11.7. The lowest BCUT2D eigenvalue weighted by Crippen LogP contribution is -2.01. The number of aromatic hydroxyl groups is 4. The van der Waals surface area contributed by atoms with E-state index in [1.165, 1.54) is 126 Å². The van der Waals surface area contributed by atoms with Crippen molar-refractivity contribution in [1.29, 1.82) is 0 Å². The zero-order chi connectivity index (χ0) is 63.6. The number of hydrogen-bond donors (Lipinski definition) is 8. The average Bonchev–Trinajstić information content (AvgIpc) is 2.73. The van der Waals surface area contributed by atoms with Crippen LogP contribution < -0.4 is 18.9 Å². The van der Waals surface area contributed by atoms with Crippen molar-refractivity contribution >= 4 is 86.0 Å². The zero-order valence-corrected chi connectivity index (χ0v) is 49.3. The molecule has 0 aromatic heterocycles. The lowest BCUT2D eigenvalue weighted by Gasteiger charge is -2.18. The van der Waals surface area contributed by atoms with Gasteiger partial charge in [0.15, 0.2) is 0 Å². The van der Waals surface area contributed by atoms with Crippen LogP contribution in [0.15, 0.2) is 182 Å². The Labute approximate surface area is 501 Å². The van der Waals surface area contributed by atoms with Gasteiger partial charge in [0.2, 0.25) is 0 Å². The highest BCUT2D eigenvalue weighted by atomic mass is 32.2. The smallest absolute Gasteiger partial charge is 0.296 e. The fourth-order valence-electron chi connectivity index (χ4n) is 9.19. The summed E-state index contributed by atoms with van der Waals surface area (Å²) in [6, 6.07) is 24.7. The number of azo groups is 4. The van der Waals surface area contributed by atoms with Crippen molar-refractivity contribution in [2.75, 3.05) is 28.4 Å². The number of phenols is 4. The van der Waals surface area contributed by atoms with Gasteiger partial charge in [-0.05, 0) is 97.1 Å². The molecule has 0 saturated heterocycles. The Kier molecular flexibility index (Phi) is 17.7. The van der Waals surface area contributed by atoms with Gasteiger partial charge in [0.05, 0.1) is 51.2 Å². The molecule has 0 aliphatic heterocycles. The van der Waals surface area contributed by atoms with E-state index in [0.717, 1.165) is 24.3 Å². The quantitative estimate of drug-likeness (QED) is 0.0329. The largest absolute Gasteiger partial charge is 0.507 e. The second kappa shape index (κ2) is 24.9. The van der Waals surface area contributed by atoms with E-state index in [1.54, 1.807) is 0 Å². The van der Waals surface area contributed by atoms with Crippen molar-refractivity contribution in [1.82, 2.24) is 0 Å². The molecule has 8 aromatic rings. The Balaban J connectivity index is 1.30. The molecule has 1 aliphatic rings. The molecule has 0 atom stereocenters. The molecular formula is C56H48N8O20S4. The minimum atomic E-state index is -4.94. The van der Waals surface area contributed by atoms with Gasteiger partial charge in [-0.15, -0.1) is 20.5 Å². The topological polar surface area (TPSA) is 434 Å². The summed E-state index contributed by atoms with van der Waals surface area (Å²) in [7, 11) is -14.7. The zero-order valence-electron chi connectivity index (χ0n) is 46.1. The van der Waals surface area contributed by atoms with Gasteiger partial charge in [-0.25, -0.2) is 0 Å². The molecular weight excluding hydrogens is 1230 g/mol. The Hall–Kier alpha value is -9.80. The average molecular weight is 1280 g/mol. The number of phenolic OH excluding ortho intramolecular Hbond substituents is 4. The maximum atomic E-state index is 12.6. The molecule has 8 bridgehead atoms. The van der Waals surface area contributed by atoms with Crippen molar-refractivity contribution in [2.24, 2.45) is 40.9 Å². The SMILES string of the molecule is COc1ccc(N=Nc2cc3c(O)c(c2)Cc2cc(N=Nc4ccc(OC)cc4S(=O)(=O)O)cc(c2O)Cc2cc(N=Nc4ccc(OC)cc4S(=O)(=O)O)cc(c2O)Cc2cc(N=Nc4ccc(OC)cc4S(=O)(=O)O)cc(c2O)C3)c(S(=O)(=O)O)c1. The molecule has 0 spiro atoms. The molecule has 88 heavy (non-hydrogen) atoms. The second-order valence-electron chi connectivity index (χ2n) is 19.2. The molecule has 28 nitrogen and oxygen atoms in total. The molecule has 456 valence electrons. The van der Waals surface area contributed by atoms with Crippen LogP contribution in [-0.2, 0) is 66.2 Å². The Morgan fingerprint density at radius 3 is 0.602 bits per heavy atom. The van der Waals surface area contributed by atoms with Crippen LogP contribution in [0, 0.1) is 0 Å². The molecule has 8 aromatic carbocycles. The van der Waals surface area contributed by atoms with Crippen molar-refractivity contribution in [3.8, 4) is 46.0 Å². The summed E-state index contributed by atoms with van der Waals surface area (Å²) < 4.78 is 162. The van der Waals surface area contributed by atoms with Crippen molar-refractivity contribution < 1.29 is 91.3 Å². The fraction of sp³-hybridized carbons (Fsp3) is 0.143. The number of hydrogen-bond acceptors (Lipinski definition) is 24. The van der Waals surface area contributed by atoms with Gasteiger partial charge in [-0.2, -0.15) is 54.1 Å². The molecule has 0 unspecified atom stereocenters. The van der Waals surface area contributed by atoms with E-state index in [-0.39, 0.29) is 113 Å². The van der Waals surface area contributed by atoms with Crippen LogP contribution in [0.1, 0.15) is 44.5 Å². The Morgan fingerprint density at radius 1 is 0.284 bits per heavy atom. The van der Waals surface area contributed by atoms with Gasteiger partial charge in [0.1, 0.15) is 88.3 Å². The first-order valence-corrected chi connectivity index (χ1v) is 31.0. The molecule has 0 fully saturated rings. The summed E-state index contributed by atoms with van der Waals surface area (Å²) in [5.41, 5.74) is -1.91. The van der Waals surface area contributed by atoms with Crippen molar-refractivity contribution in [3.05, 3.63) is 166 Å². The van der Waals surface area contributed by atoms with Crippen LogP contribution >= 0.6 is 0 Å². The molecule has 0 saturated carbocycles. The highest BCUT2D eigenvalue weighted by molar-refractivity contribution is 7.86. The maximum Gasteiger partial charge on any atom is 0.296 e. The first-order valence-electron chi connectivity index (χ1n) is 25.2. The van der Waals surface area contributed by atoms with Crippen LogP contribution in [-0.4, -0.2) is 101 Å². The lowest BCUT2D eigenvalue weighted by atomic mass is 9.90. The summed E-state index contributed by atoms with van der Waals surface area (Å²) >= 11 is 0. The van der Waals surface area contributed by atoms with Crippen LogP contribution in [0.25, 0.3) is 0 Å². The summed E-state index contributed by atoms with van der Waals surface area (Å²) in [5, 5.41) is 82.9. The van der Waals surface area contributed by atoms with Crippen LogP contribution in [0.4, 0.5) is 45.5 Å². The predicted molar refractivity (Wildman–Crippen MR) is 312 cm³/mol. The second-order valence-corrected chi connectivity index (χ2v) is 24.8. The third-order valence-electron chi connectivity index (χ3n) is 13.4. The van der Waals surface area contributed by atoms with Gasteiger partial charge in [0, 0.05) is 94.5 Å². The number of nitrogens with zero attached hydrogens (tertiary/aromatic N) is 8. The van der Waals surface area contributed by atoms with E-state index in [9.17, 15) is 72.3 Å². The lowest BCUT2D eigenvalue weighted by molar-refractivity contribution is 0.412. The number of ether oxygens (including phenoxy) is 4. The van der Waals surface area contributed by atoms with E-state index in [0.29, 0.717) is 0 Å². The van der Waals surface area contributed by atoms with Crippen LogP contribution in [0.5, 0.6) is 46.0 Å². The molecule has 0 amide bonds. The third kappa shape index (κ3) is 14.2. The standard InChI is InChI=1S/C56H48N8O20S4/c1-81-41-5-9-45(49(25-41)85(69,70)71)61-57-37-17-29-13-31-19-38(58-62-46-10-6-42(82-2)26-50(46)86(72,73)74)21-33(54(31)66)15-35-23-40(60-64-48-12-8-44(84-4)28-52(48)88(78,79)80)24-36(56(35)68)16-34-22-39(20-32(55(34)67)14-30(18-37)53(29)65)59-63-47-11-7-43(83-3)27-51(47)87(75,76)77/h5-12,17-28,65-68H,13-16H2,1-4H3,(H,69,70,71)(H,72,73,74)(H,75,76,77)(H,78,79,80). The van der Waals surface area contributed by atoms with Crippen molar-refractivity contribution in [3.63, 3.8) is 0 Å². The Bertz CT molecular complexity index is 4060. The van der Waals surface area contributed by atoms with Crippen molar-refractivity contribution in [2.45, 2.75) is 45.3 Å². The molecule has 0 radical (unpaired) electrons. The summed E-state index contributed by atoms with van der Waals surface area (Å²) in [5.74, 6) is -1.68. The van der Waals surface area contributed by atoms with E-state index >= 15 is 0 Å². The Morgan fingerprint density at radius 2 is 0.455 bits per heavy atom. The molecule has 1 aliphatic carbocycles. The third-order valence-corrected chi connectivity index (χ3v) is 16.9. The van der Waals surface area contributed by atoms with Gasteiger partial charge >= 0.3 is 0 Å². The van der Waals surface area contributed by atoms with Crippen LogP contribution in [0.2, 0.25) is 0 Å². The van der Waals surface area contributed by atoms with E-state index in [1.807, 2.05) is 0 Å². The summed E-state index contributed by atoms with van der Waals surface area (Å²) in [6.45, 7) is 0. The van der Waals surface area contributed by atoms with Gasteiger partial charge < -0.3 is 39.4 Å². The molecule has 8 N–H and O–H groups in total. The van der Waals surface area contributed by atoms with E-state index < -0.39 is 109 Å². The first-order chi connectivity index (χ1) is 41.5. The van der Waals surface area contributed by atoms with E-state index in [4.69, 9.17) is 18.9 Å². The highest BCUT2D eigenvalue weighted by Gasteiger charge is 2.25. The minimum absolute atomic E-state index is 0.0226. The summed E-state index contributed by atoms with van der Waals surface area (Å²) in [4.78, 5) is -2.74. The monoisotopic (exact) mass is 1280 g/mol. The number of methoxy groups -OCH3 is 4. The predicted octanol–water partition coefficient (Wildman–Crippen LogP) is 11.9. The first kappa shape index (κ1) is 62.7. The van der Waals surface area contributed by atoms with E-state index in [2.05, 4.69) is 40.9 Å². The van der Waals surface area contributed by atoms with Gasteiger partial charge in [-0.1, -0.05) is 0 Å². The molecule has 9 rings (SSSR count). The highest BCUT2D eigenvalue weighted by Crippen LogP contribution is 2.44. The van der Waals surface area contributed by atoms with Gasteiger partial charge in [0.25, 0.3) is 40.5 Å². The molecule has 32 heteroatoms. The summed E-state index contributed by atoms with van der Waals surface area (Å²) in [6.07, 6.45) is -1.74. The minimum Gasteiger partial charge on any atom is -0.507 e. The number of rotatable bonds is 16. The molecule has 0 heterocycles.